The SMILES string of the molecule is CCCCCCCCCC1OC1(O)C(=O)O. The Morgan fingerprint density at radius 3 is 2.25 bits per heavy atom. The zero-order chi connectivity index (χ0) is 12.0. The Hall–Kier alpha value is -0.610. The minimum absolute atomic E-state index is 0.486. The maximum absolute atomic E-state index is 10.5. The summed E-state index contributed by atoms with van der Waals surface area (Å²) < 4.78 is 4.77. The summed E-state index contributed by atoms with van der Waals surface area (Å²) in [5.41, 5.74) is 0. The molecule has 0 spiro atoms. The van der Waals surface area contributed by atoms with E-state index in [1.807, 2.05) is 0 Å². The first-order chi connectivity index (χ1) is 7.61. The number of unbranched alkanes of at least 4 members (excludes halogenated alkanes) is 6. The number of aliphatic hydroxyl groups is 1. The number of aliphatic carboxylic acids is 1. The number of carboxylic acid groups (broad SMARTS) is 1. The standard InChI is InChI=1S/C12H22O4/c1-2-3-4-5-6-7-8-9-10-12(15,16-10)11(13)14/h10,15H,2-9H2,1H3,(H,13,14). The number of ether oxygens (including phenoxy) is 1. The van der Waals surface area contributed by atoms with Gasteiger partial charge in [-0.1, -0.05) is 51.9 Å². The zero-order valence-electron chi connectivity index (χ0n) is 9.95. The van der Waals surface area contributed by atoms with E-state index in [0.29, 0.717) is 6.42 Å². The lowest BCUT2D eigenvalue weighted by molar-refractivity contribution is -0.157. The number of hydrogen-bond donors (Lipinski definition) is 2. The van der Waals surface area contributed by atoms with Crippen LogP contribution in [0.2, 0.25) is 0 Å². The summed E-state index contributed by atoms with van der Waals surface area (Å²) in [4.78, 5) is 10.5. The van der Waals surface area contributed by atoms with Crippen molar-refractivity contribution < 1.29 is 19.7 Å². The quantitative estimate of drug-likeness (QED) is 0.471. The normalized spacial score (nSPS) is 28.0. The lowest BCUT2D eigenvalue weighted by Gasteiger charge is -2.00. The lowest BCUT2D eigenvalue weighted by atomic mass is 10.1. The summed E-state index contributed by atoms with van der Waals surface area (Å²) in [5.74, 6) is -3.14. The molecule has 2 unspecified atom stereocenters. The molecule has 4 nitrogen and oxygen atoms in total. The molecule has 0 saturated carbocycles. The van der Waals surface area contributed by atoms with E-state index in [1.165, 1.54) is 32.1 Å². The predicted molar refractivity (Wildman–Crippen MR) is 60.1 cm³/mol. The number of hydrogen-bond acceptors (Lipinski definition) is 3. The minimum Gasteiger partial charge on any atom is -0.477 e. The van der Waals surface area contributed by atoms with Crippen LogP contribution < -0.4 is 0 Å². The van der Waals surface area contributed by atoms with E-state index in [4.69, 9.17) is 9.84 Å². The molecule has 0 aromatic rings. The molecule has 1 saturated heterocycles. The van der Waals surface area contributed by atoms with E-state index in [1.54, 1.807) is 0 Å². The van der Waals surface area contributed by atoms with E-state index >= 15 is 0 Å². The molecule has 1 aliphatic rings. The second-order valence-electron chi connectivity index (χ2n) is 4.52. The Labute approximate surface area is 96.6 Å². The molecule has 1 rings (SSSR count). The highest BCUT2D eigenvalue weighted by atomic mass is 16.8. The van der Waals surface area contributed by atoms with Crippen molar-refractivity contribution in [3.8, 4) is 0 Å². The third-order valence-electron chi connectivity index (χ3n) is 3.08. The second kappa shape index (κ2) is 6.21. The van der Waals surface area contributed by atoms with Crippen LogP contribution in [0.5, 0.6) is 0 Å². The molecule has 4 heteroatoms. The van der Waals surface area contributed by atoms with Crippen molar-refractivity contribution in [1.82, 2.24) is 0 Å². The number of carboxylic acids is 1. The molecule has 1 fully saturated rings. The van der Waals surface area contributed by atoms with Gasteiger partial charge in [0.25, 0.3) is 5.79 Å². The molecule has 0 aromatic carbocycles. The fourth-order valence-electron chi connectivity index (χ4n) is 1.91. The van der Waals surface area contributed by atoms with Gasteiger partial charge in [0.15, 0.2) is 0 Å². The molecule has 0 amide bonds. The molecule has 0 radical (unpaired) electrons. The smallest absolute Gasteiger partial charge is 0.367 e. The van der Waals surface area contributed by atoms with Gasteiger partial charge in [0.2, 0.25) is 0 Å². The van der Waals surface area contributed by atoms with Crippen LogP contribution in [0.25, 0.3) is 0 Å². The number of epoxide rings is 1. The summed E-state index contributed by atoms with van der Waals surface area (Å²) in [6, 6.07) is 0. The molecule has 0 aliphatic carbocycles. The topological polar surface area (TPSA) is 70.1 Å². The van der Waals surface area contributed by atoms with Crippen LogP contribution in [0.15, 0.2) is 0 Å². The molecule has 0 bridgehead atoms. The molecule has 1 aliphatic heterocycles. The summed E-state index contributed by atoms with van der Waals surface area (Å²) >= 11 is 0. The monoisotopic (exact) mass is 230 g/mol. The first-order valence-corrected chi connectivity index (χ1v) is 6.25. The van der Waals surface area contributed by atoms with Crippen LogP contribution in [0.3, 0.4) is 0 Å². The van der Waals surface area contributed by atoms with Crippen LogP contribution in [-0.4, -0.2) is 28.1 Å². The molecule has 0 aromatic heterocycles. The van der Waals surface area contributed by atoms with Crippen LogP contribution in [-0.2, 0) is 9.53 Å². The zero-order valence-corrected chi connectivity index (χ0v) is 9.95. The maximum Gasteiger partial charge on any atom is 0.367 e. The highest BCUT2D eigenvalue weighted by molar-refractivity contribution is 5.78. The summed E-state index contributed by atoms with van der Waals surface area (Å²) in [7, 11) is 0. The van der Waals surface area contributed by atoms with Gasteiger partial charge in [0.05, 0.1) is 0 Å². The number of rotatable bonds is 9. The first-order valence-electron chi connectivity index (χ1n) is 6.25. The second-order valence-corrected chi connectivity index (χ2v) is 4.52. The van der Waals surface area contributed by atoms with Crippen LogP contribution >= 0.6 is 0 Å². The van der Waals surface area contributed by atoms with E-state index in [2.05, 4.69) is 6.92 Å². The van der Waals surface area contributed by atoms with Gasteiger partial charge in [0, 0.05) is 0 Å². The van der Waals surface area contributed by atoms with Gasteiger partial charge in [-0.15, -0.1) is 0 Å². The molecular formula is C12H22O4. The third kappa shape index (κ3) is 3.76. The Morgan fingerprint density at radius 1 is 1.19 bits per heavy atom. The van der Waals surface area contributed by atoms with Gasteiger partial charge in [-0.2, -0.15) is 0 Å². The van der Waals surface area contributed by atoms with Crippen LogP contribution in [0.4, 0.5) is 0 Å². The van der Waals surface area contributed by atoms with Crippen molar-refractivity contribution >= 4 is 5.97 Å². The molecule has 16 heavy (non-hydrogen) atoms. The molecule has 94 valence electrons. The maximum atomic E-state index is 10.5. The van der Waals surface area contributed by atoms with Gasteiger partial charge in [-0.05, 0) is 6.42 Å². The highest BCUT2D eigenvalue weighted by Crippen LogP contribution is 2.37. The average Bonchev–Trinajstić information content (AvgIpc) is 2.90. The largest absolute Gasteiger partial charge is 0.477 e. The van der Waals surface area contributed by atoms with Crippen molar-refractivity contribution in [2.45, 2.75) is 70.2 Å². The van der Waals surface area contributed by atoms with Gasteiger partial charge in [0.1, 0.15) is 6.10 Å². The van der Waals surface area contributed by atoms with Crippen LogP contribution in [0, 0.1) is 0 Å². The Kier molecular flexibility index (Phi) is 5.22. The van der Waals surface area contributed by atoms with E-state index < -0.39 is 17.9 Å². The fourth-order valence-corrected chi connectivity index (χ4v) is 1.91. The van der Waals surface area contributed by atoms with Gasteiger partial charge in [-0.3, -0.25) is 0 Å². The van der Waals surface area contributed by atoms with Gasteiger partial charge in [-0.25, -0.2) is 4.79 Å². The Balaban J connectivity index is 1.92. The van der Waals surface area contributed by atoms with Crippen molar-refractivity contribution in [2.24, 2.45) is 0 Å². The number of carbonyl (C=O) groups is 1. The lowest BCUT2D eigenvalue weighted by Crippen LogP contribution is -2.26. The van der Waals surface area contributed by atoms with Crippen LogP contribution in [0.1, 0.15) is 58.3 Å². The van der Waals surface area contributed by atoms with Gasteiger partial charge >= 0.3 is 5.97 Å². The Morgan fingerprint density at radius 2 is 1.75 bits per heavy atom. The average molecular weight is 230 g/mol. The van der Waals surface area contributed by atoms with Crippen molar-refractivity contribution in [3.63, 3.8) is 0 Å². The minimum atomic E-state index is -1.87. The summed E-state index contributed by atoms with van der Waals surface area (Å²) in [6.07, 6.45) is 8.48. The molecule has 2 N–H and O–H groups in total. The van der Waals surface area contributed by atoms with Crippen molar-refractivity contribution in [2.75, 3.05) is 0 Å². The predicted octanol–water partition coefficient (Wildman–Crippen LogP) is 2.30. The highest BCUT2D eigenvalue weighted by Gasteiger charge is 2.61. The molecular weight excluding hydrogens is 208 g/mol. The fraction of sp³-hybridized carbons (Fsp3) is 0.917. The first kappa shape index (κ1) is 13.5. The van der Waals surface area contributed by atoms with E-state index in [9.17, 15) is 9.90 Å². The molecule has 1 heterocycles. The van der Waals surface area contributed by atoms with E-state index in [0.717, 1.165) is 12.8 Å². The molecule has 2 atom stereocenters. The summed E-state index contributed by atoms with van der Waals surface area (Å²) in [6.45, 7) is 2.19. The van der Waals surface area contributed by atoms with Crippen molar-refractivity contribution in [1.29, 1.82) is 0 Å². The summed E-state index contributed by atoms with van der Waals surface area (Å²) in [5, 5.41) is 17.9. The Bertz CT molecular complexity index is 229. The van der Waals surface area contributed by atoms with Crippen molar-refractivity contribution in [3.05, 3.63) is 0 Å². The van der Waals surface area contributed by atoms with E-state index in [-0.39, 0.29) is 0 Å². The third-order valence-corrected chi connectivity index (χ3v) is 3.08. The van der Waals surface area contributed by atoms with Gasteiger partial charge < -0.3 is 14.9 Å².